The highest BCUT2D eigenvalue weighted by molar-refractivity contribution is 5.96. The van der Waals surface area contributed by atoms with Crippen LogP contribution in [-0.2, 0) is 41.6 Å². The molecule has 286 valence electrons. The molecule has 1 aliphatic carbocycles. The van der Waals surface area contributed by atoms with Gasteiger partial charge >= 0.3 is 18.0 Å². The molecule has 4 atom stereocenters. The van der Waals surface area contributed by atoms with Crippen molar-refractivity contribution >= 4 is 35.8 Å². The third kappa shape index (κ3) is 9.74. The number of fused-ring (bicyclic) bond motifs is 3. The first-order valence-electron chi connectivity index (χ1n) is 17.8. The zero-order valence-electron chi connectivity index (χ0n) is 30.8. The van der Waals surface area contributed by atoms with Gasteiger partial charge in [-0.1, -0.05) is 109 Å². The number of alkyl carbamates (subject to hydrolysis) is 1. The third-order valence-corrected chi connectivity index (χ3v) is 9.80. The number of carbonyl (C=O) groups excluding carboxylic acids is 4. The fourth-order valence-electron chi connectivity index (χ4n) is 6.79. The van der Waals surface area contributed by atoms with Gasteiger partial charge in [0.05, 0.1) is 6.42 Å². The van der Waals surface area contributed by atoms with Gasteiger partial charge in [-0.2, -0.15) is 0 Å². The van der Waals surface area contributed by atoms with Gasteiger partial charge in [0.25, 0.3) is 0 Å². The van der Waals surface area contributed by atoms with Crippen LogP contribution in [0.5, 0.6) is 0 Å². The van der Waals surface area contributed by atoms with Gasteiger partial charge in [0.15, 0.2) is 0 Å². The summed E-state index contributed by atoms with van der Waals surface area (Å²) in [7, 11) is 2.72. The maximum Gasteiger partial charge on any atom is 0.407 e. The van der Waals surface area contributed by atoms with Gasteiger partial charge in [0.1, 0.15) is 30.8 Å². The first kappa shape index (κ1) is 39.7. The smallest absolute Gasteiger partial charge is 0.407 e. The summed E-state index contributed by atoms with van der Waals surface area (Å²) in [6.07, 6.45) is -1.81. The molecule has 4 amide bonds. The van der Waals surface area contributed by atoms with E-state index in [2.05, 4.69) is 10.6 Å². The molecule has 13 heteroatoms. The number of ether oxygens (including phenoxy) is 1. The molecule has 0 spiro atoms. The Hall–Kier alpha value is -6.50. The number of benzene rings is 4. The van der Waals surface area contributed by atoms with Crippen molar-refractivity contribution in [3.63, 3.8) is 0 Å². The van der Waals surface area contributed by atoms with Gasteiger partial charge in [-0.3, -0.25) is 24.0 Å². The fraction of sp³-hybridized carbons (Fsp3) is 0.286. The lowest BCUT2D eigenvalue weighted by molar-refractivity contribution is -0.150. The minimum atomic E-state index is -1.62. The van der Waals surface area contributed by atoms with Crippen molar-refractivity contribution in [1.29, 1.82) is 0 Å². The quantitative estimate of drug-likeness (QED) is 0.131. The second kappa shape index (κ2) is 18.0. The molecular formula is C42H44N4O9. The van der Waals surface area contributed by atoms with Crippen molar-refractivity contribution in [2.75, 3.05) is 20.7 Å². The number of carboxylic acid groups (broad SMARTS) is 2. The lowest BCUT2D eigenvalue weighted by atomic mass is 9.98. The molecule has 0 fully saturated rings. The first-order chi connectivity index (χ1) is 26.3. The topological polar surface area (TPSA) is 183 Å². The average molecular weight is 749 g/mol. The normalized spacial score (nSPS) is 13.9. The Morgan fingerprint density at radius 2 is 1.13 bits per heavy atom. The number of rotatable bonds is 16. The van der Waals surface area contributed by atoms with Gasteiger partial charge in [0.2, 0.25) is 17.7 Å². The lowest BCUT2D eigenvalue weighted by Gasteiger charge is -2.36. The van der Waals surface area contributed by atoms with Gasteiger partial charge in [0, 0.05) is 32.9 Å². The van der Waals surface area contributed by atoms with Crippen molar-refractivity contribution in [2.45, 2.75) is 56.3 Å². The van der Waals surface area contributed by atoms with Gasteiger partial charge < -0.3 is 35.4 Å². The Morgan fingerprint density at radius 3 is 1.64 bits per heavy atom. The number of nitrogens with one attached hydrogen (secondary N) is 2. The van der Waals surface area contributed by atoms with Gasteiger partial charge in [-0.25, -0.2) is 4.79 Å². The van der Waals surface area contributed by atoms with Crippen LogP contribution in [0.1, 0.15) is 41.5 Å². The Labute approximate surface area is 318 Å². The molecule has 0 radical (unpaired) electrons. The van der Waals surface area contributed by atoms with E-state index in [-0.39, 0.29) is 25.4 Å². The zero-order valence-corrected chi connectivity index (χ0v) is 30.8. The summed E-state index contributed by atoms with van der Waals surface area (Å²) in [5.41, 5.74) is 5.34. The minimum Gasteiger partial charge on any atom is -0.481 e. The minimum absolute atomic E-state index is 0.0256. The summed E-state index contributed by atoms with van der Waals surface area (Å²) >= 11 is 0. The van der Waals surface area contributed by atoms with E-state index in [1.807, 2.05) is 48.5 Å². The van der Waals surface area contributed by atoms with Crippen molar-refractivity contribution in [3.8, 4) is 11.1 Å². The molecule has 4 aromatic rings. The summed E-state index contributed by atoms with van der Waals surface area (Å²) in [4.78, 5) is 81.3. The molecule has 0 bridgehead atoms. The number of carbonyl (C=O) groups is 6. The second-order valence-corrected chi connectivity index (χ2v) is 13.5. The molecule has 55 heavy (non-hydrogen) atoms. The molecule has 4 N–H and O–H groups in total. The van der Waals surface area contributed by atoms with Crippen LogP contribution in [0.4, 0.5) is 4.79 Å². The highest BCUT2D eigenvalue weighted by Gasteiger charge is 2.39. The summed E-state index contributed by atoms with van der Waals surface area (Å²) in [5, 5.41) is 24.1. The molecule has 0 unspecified atom stereocenters. The lowest BCUT2D eigenvalue weighted by Crippen LogP contribution is -2.59. The summed E-state index contributed by atoms with van der Waals surface area (Å²) in [6, 6.07) is 27.9. The molecule has 1 aliphatic rings. The van der Waals surface area contributed by atoms with Crippen molar-refractivity contribution < 1.29 is 43.7 Å². The molecule has 4 aromatic carbocycles. The van der Waals surface area contributed by atoms with Crippen molar-refractivity contribution in [3.05, 3.63) is 131 Å². The maximum atomic E-state index is 14.5. The largest absolute Gasteiger partial charge is 0.481 e. The molecule has 0 aromatic heterocycles. The van der Waals surface area contributed by atoms with E-state index in [4.69, 9.17) is 4.74 Å². The zero-order chi connectivity index (χ0) is 39.6. The third-order valence-electron chi connectivity index (χ3n) is 9.80. The number of likely N-dealkylation sites (N-methyl/N-ethyl adjacent to an activating group) is 2. The molecular weight excluding hydrogens is 704 g/mol. The van der Waals surface area contributed by atoms with Crippen molar-refractivity contribution in [2.24, 2.45) is 0 Å². The summed E-state index contributed by atoms with van der Waals surface area (Å²) in [6.45, 7) is 1.23. The summed E-state index contributed by atoms with van der Waals surface area (Å²) in [5.74, 6) is -5.18. The van der Waals surface area contributed by atoms with Crippen LogP contribution < -0.4 is 10.6 Å². The van der Waals surface area contributed by atoms with Crippen LogP contribution in [0.2, 0.25) is 0 Å². The van der Waals surface area contributed by atoms with Crippen LogP contribution in [0.15, 0.2) is 109 Å². The number of hydrogen-bond donors (Lipinski definition) is 4. The maximum absolute atomic E-state index is 14.5. The van der Waals surface area contributed by atoms with E-state index in [1.165, 1.54) is 25.9 Å². The number of aliphatic carboxylic acids is 2. The van der Waals surface area contributed by atoms with E-state index >= 15 is 0 Å². The Bertz CT molecular complexity index is 1980. The van der Waals surface area contributed by atoms with E-state index in [1.54, 1.807) is 60.7 Å². The molecule has 0 saturated heterocycles. The summed E-state index contributed by atoms with van der Waals surface area (Å²) < 4.78 is 5.61. The molecule has 13 nitrogen and oxygen atoms in total. The van der Waals surface area contributed by atoms with E-state index in [9.17, 15) is 39.0 Å². The predicted molar refractivity (Wildman–Crippen MR) is 203 cm³/mol. The SMILES string of the molecule is C[C@H](NC(=O)[C@H](Cc1ccccc1)N(C)C(=O)[C@H](Cc1ccccc1)N(C)C(=O)[C@H](CC(=O)O)NC(=O)OCC1c2ccccc2-c2ccccc21)C(=O)O. The average Bonchev–Trinajstić information content (AvgIpc) is 3.50. The number of amides is 4. The van der Waals surface area contributed by atoms with E-state index in [0.29, 0.717) is 11.1 Å². The first-order valence-corrected chi connectivity index (χ1v) is 17.8. The highest BCUT2D eigenvalue weighted by atomic mass is 16.5. The highest BCUT2D eigenvalue weighted by Crippen LogP contribution is 2.44. The van der Waals surface area contributed by atoms with Crippen LogP contribution in [0.3, 0.4) is 0 Å². The number of carboxylic acids is 2. The van der Waals surface area contributed by atoms with Crippen LogP contribution >= 0.6 is 0 Å². The van der Waals surface area contributed by atoms with Crippen LogP contribution in [0, 0.1) is 0 Å². The Balaban J connectivity index is 1.37. The number of hydrogen-bond acceptors (Lipinski definition) is 7. The molecule has 0 saturated carbocycles. The van der Waals surface area contributed by atoms with Gasteiger partial charge in [-0.05, 0) is 40.3 Å². The predicted octanol–water partition coefficient (Wildman–Crippen LogP) is 4.10. The fourth-order valence-corrected chi connectivity index (χ4v) is 6.79. The van der Waals surface area contributed by atoms with Gasteiger partial charge in [-0.15, -0.1) is 0 Å². The van der Waals surface area contributed by atoms with E-state index in [0.717, 1.165) is 27.2 Å². The monoisotopic (exact) mass is 748 g/mol. The Kier molecular flexibility index (Phi) is 13.0. The van der Waals surface area contributed by atoms with Crippen LogP contribution in [-0.4, -0.2) is 101 Å². The standard InChI is InChI=1S/C42H44N4O9/c1-26(41(52)53)43-38(49)35(22-27-14-6-4-7-15-27)45(2)40(51)36(23-28-16-8-5-9-17-28)46(3)39(50)34(24-37(47)48)44-42(54)55-25-33-31-20-12-10-18-29(31)30-19-11-13-21-32(30)33/h4-21,26,33-36H,22-25H2,1-3H3,(H,43,49)(H,44,54)(H,47,48)(H,52,53)/t26-,34-,35-,36-/m0/s1. The molecule has 5 rings (SSSR count). The van der Waals surface area contributed by atoms with Crippen LogP contribution in [0.25, 0.3) is 11.1 Å². The molecule has 0 aliphatic heterocycles. The second-order valence-electron chi connectivity index (χ2n) is 13.5. The van der Waals surface area contributed by atoms with Crippen molar-refractivity contribution in [1.82, 2.24) is 20.4 Å². The Morgan fingerprint density at radius 1 is 0.655 bits per heavy atom. The van der Waals surface area contributed by atoms with E-state index < -0.39 is 66.3 Å². The number of nitrogens with zero attached hydrogens (tertiary/aromatic N) is 2. The molecule has 0 heterocycles.